The molecule has 0 spiro atoms. The van der Waals surface area contributed by atoms with Crippen LogP contribution in [0.25, 0.3) is 0 Å². The lowest BCUT2D eigenvalue weighted by molar-refractivity contribution is -0.126. The van der Waals surface area contributed by atoms with E-state index in [0.717, 1.165) is 0 Å². The van der Waals surface area contributed by atoms with Crippen molar-refractivity contribution < 1.29 is 13.2 Å². The summed E-state index contributed by atoms with van der Waals surface area (Å²) in [6.45, 7) is -0.985. The van der Waals surface area contributed by atoms with Crippen LogP contribution in [0.4, 0.5) is 13.2 Å². The van der Waals surface area contributed by atoms with Gasteiger partial charge in [0.1, 0.15) is 4.34 Å². The summed E-state index contributed by atoms with van der Waals surface area (Å²) in [7, 11) is 0. The van der Waals surface area contributed by atoms with Gasteiger partial charge in [0.05, 0.1) is 12.6 Å². The number of thiophene rings is 1. The molecule has 0 bridgehead atoms. The van der Waals surface area contributed by atoms with Crippen molar-refractivity contribution in [2.24, 2.45) is 5.73 Å². The van der Waals surface area contributed by atoms with Gasteiger partial charge >= 0.3 is 6.18 Å². The van der Waals surface area contributed by atoms with Gasteiger partial charge in [0.2, 0.25) is 0 Å². The van der Waals surface area contributed by atoms with Gasteiger partial charge in [0.25, 0.3) is 0 Å². The third kappa shape index (κ3) is 4.21. The van der Waals surface area contributed by atoms with E-state index in [0.29, 0.717) is 13.7 Å². The molecule has 1 heterocycles. The van der Waals surface area contributed by atoms with Gasteiger partial charge in [-0.2, -0.15) is 13.2 Å². The van der Waals surface area contributed by atoms with Gasteiger partial charge in [-0.15, -0.1) is 11.3 Å². The molecule has 1 rings (SSSR count). The van der Waals surface area contributed by atoms with Crippen molar-refractivity contribution in [3.8, 4) is 0 Å². The Balaban J connectivity index is 2.68. The number of rotatable bonds is 4. The Morgan fingerprint density at radius 3 is 2.56 bits per heavy atom. The average Bonchev–Trinajstić information content (AvgIpc) is 2.46. The average molecular weight is 338 g/mol. The Morgan fingerprint density at radius 1 is 1.56 bits per heavy atom. The second-order valence-corrected chi connectivity index (χ2v) is 5.59. The predicted molar refractivity (Wildman–Crippen MR) is 62.9 cm³/mol. The Kier molecular flexibility index (Phi) is 5.06. The molecular formula is C8H9BrClF3N2S. The Morgan fingerprint density at radius 2 is 2.19 bits per heavy atom. The lowest BCUT2D eigenvalue weighted by atomic mass is 10.2. The fourth-order valence-electron chi connectivity index (χ4n) is 1.07. The summed E-state index contributed by atoms with van der Waals surface area (Å²) in [5.74, 6) is 0. The predicted octanol–water partition coefficient (Wildman–Crippen LogP) is 3.32. The van der Waals surface area contributed by atoms with E-state index in [9.17, 15) is 13.2 Å². The van der Waals surface area contributed by atoms with Crippen LogP contribution >= 0.6 is 38.9 Å². The first-order chi connectivity index (χ1) is 7.33. The van der Waals surface area contributed by atoms with Crippen LogP contribution in [0.15, 0.2) is 10.5 Å². The molecule has 3 N–H and O–H groups in total. The smallest absolute Gasteiger partial charge is 0.329 e. The van der Waals surface area contributed by atoms with Gasteiger partial charge in [0, 0.05) is 15.9 Å². The number of nitrogens with one attached hydrogen (secondary N) is 1. The summed E-state index contributed by atoms with van der Waals surface area (Å²) < 4.78 is 37.2. The minimum atomic E-state index is -4.24. The van der Waals surface area contributed by atoms with Crippen molar-refractivity contribution in [3.05, 3.63) is 19.8 Å². The topological polar surface area (TPSA) is 38.0 Å². The number of alkyl halides is 3. The molecule has 1 aromatic rings. The van der Waals surface area contributed by atoms with Crippen molar-refractivity contribution >= 4 is 38.9 Å². The zero-order valence-electron chi connectivity index (χ0n) is 7.94. The summed E-state index contributed by atoms with van der Waals surface area (Å²) in [6, 6.07) is 1.14. The zero-order chi connectivity index (χ0) is 12.3. The van der Waals surface area contributed by atoms with Crippen LogP contribution in [0.2, 0.25) is 4.34 Å². The molecule has 0 aliphatic heterocycles. The number of hydrogen-bond donors (Lipinski definition) is 2. The van der Waals surface area contributed by atoms with Gasteiger partial charge in [-0.05, 0) is 22.0 Å². The molecule has 1 atom stereocenters. The summed E-state index contributed by atoms with van der Waals surface area (Å²) in [5.41, 5.74) is 5.41. The highest BCUT2D eigenvalue weighted by Crippen LogP contribution is 2.35. The van der Waals surface area contributed by atoms with Gasteiger partial charge in [-0.1, -0.05) is 11.6 Å². The van der Waals surface area contributed by atoms with E-state index in [2.05, 4.69) is 21.2 Å². The SMILES string of the molecule is NCC(NCC(F)(F)F)c1cc(Br)c(Cl)s1. The molecule has 1 unspecified atom stereocenters. The summed E-state index contributed by atoms with van der Waals surface area (Å²) >= 11 is 10.2. The molecule has 8 heteroatoms. The maximum atomic E-state index is 12.0. The van der Waals surface area contributed by atoms with Crippen LogP contribution in [0.3, 0.4) is 0 Å². The standard InChI is InChI=1S/C8H9BrClF3N2S/c9-4-1-6(16-7(4)10)5(2-14)15-3-8(11,12)13/h1,5,15H,2-3,14H2. The van der Waals surface area contributed by atoms with Crippen LogP contribution in [-0.2, 0) is 0 Å². The highest BCUT2D eigenvalue weighted by atomic mass is 79.9. The van der Waals surface area contributed by atoms with Crippen molar-refractivity contribution in [3.63, 3.8) is 0 Å². The molecular weight excluding hydrogens is 329 g/mol. The van der Waals surface area contributed by atoms with Crippen molar-refractivity contribution in [2.75, 3.05) is 13.1 Å². The third-order valence-corrected chi connectivity index (χ3v) is 4.38. The van der Waals surface area contributed by atoms with Gasteiger partial charge < -0.3 is 5.73 Å². The van der Waals surface area contributed by atoms with Crippen molar-refractivity contribution in [2.45, 2.75) is 12.2 Å². The van der Waals surface area contributed by atoms with Crippen molar-refractivity contribution in [1.82, 2.24) is 5.32 Å². The van der Waals surface area contributed by atoms with Crippen LogP contribution in [0, 0.1) is 0 Å². The molecule has 2 nitrogen and oxygen atoms in total. The highest BCUT2D eigenvalue weighted by molar-refractivity contribution is 9.10. The second kappa shape index (κ2) is 5.68. The molecule has 92 valence electrons. The van der Waals surface area contributed by atoms with Crippen molar-refractivity contribution in [1.29, 1.82) is 0 Å². The first-order valence-electron chi connectivity index (χ1n) is 4.28. The van der Waals surface area contributed by atoms with Crippen LogP contribution in [-0.4, -0.2) is 19.3 Å². The first kappa shape index (κ1) is 14.2. The van der Waals surface area contributed by atoms with Crippen LogP contribution < -0.4 is 11.1 Å². The maximum Gasteiger partial charge on any atom is 0.401 e. The molecule has 0 aliphatic rings. The van der Waals surface area contributed by atoms with E-state index in [1.54, 1.807) is 6.07 Å². The molecule has 16 heavy (non-hydrogen) atoms. The molecule has 0 saturated heterocycles. The lowest BCUT2D eigenvalue weighted by Crippen LogP contribution is -2.35. The Bertz CT molecular complexity index is 336. The largest absolute Gasteiger partial charge is 0.401 e. The van der Waals surface area contributed by atoms with E-state index >= 15 is 0 Å². The van der Waals surface area contributed by atoms with Gasteiger partial charge in [0.15, 0.2) is 0 Å². The quantitative estimate of drug-likeness (QED) is 0.884. The highest BCUT2D eigenvalue weighted by Gasteiger charge is 2.28. The molecule has 0 radical (unpaired) electrons. The summed E-state index contributed by atoms with van der Waals surface area (Å²) in [5, 5.41) is 2.35. The minimum Gasteiger partial charge on any atom is -0.329 e. The third-order valence-electron chi connectivity index (χ3n) is 1.79. The maximum absolute atomic E-state index is 12.0. The molecule has 0 aromatic carbocycles. The number of hydrogen-bond acceptors (Lipinski definition) is 3. The summed E-state index contributed by atoms with van der Waals surface area (Å²) in [6.07, 6.45) is -4.24. The van der Waals surface area contributed by atoms with Crippen LogP contribution in [0.5, 0.6) is 0 Å². The molecule has 1 aromatic heterocycles. The second-order valence-electron chi connectivity index (χ2n) is 3.05. The fourth-order valence-corrected chi connectivity index (χ4v) is 2.90. The molecule has 0 amide bonds. The van der Waals surface area contributed by atoms with E-state index < -0.39 is 18.8 Å². The van der Waals surface area contributed by atoms with E-state index in [1.807, 2.05) is 0 Å². The lowest BCUT2D eigenvalue weighted by Gasteiger charge is -2.16. The minimum absolute atomic E-state index is 0.0827. The molecule has 0 fully saturated rings. The van der Waals surface area contributed by atoms with E-state index in [-0.39, 0.29) is 6.54 Å². The molecule has 0 aliphatic carbocycles. The van der Waals surface area contributed by atoms with Gasteiger partial charge in [-0.3, -0.25) is 5.32 Å². The normalized spacial score (nSPS) is 14.1. The first-order valence-corrected chi connectivity index (χ1v) is 6.27. The number of halogens is 5. The van der Waals surface area contributed by atoms with Gasteiger partial charge in [-0.25, -0.2) is 0 Å². The fraction of sp³-hybridized carbons (Fsp3) is 0.500. The molecule has 0 saturated carbocycles. The summed E-state index contributed by atoms with van der Waals surface area (Å²) in [4.78, 5) is 0.684. The zero-order valence-corrected chi connectivity index (χ0v) is 11.1. The Labute approximate surface area is 108 Å². The monoisotopic (exact) mass is 336 g/mol. The number of nitrogens with two attached hydrogens (primary N) is 1. The van der Waals surface area contributed by atoms with E-state index in [1.165, 1.54) is 11.3 Å². The van der Waals surface area contributed by atoms with Crippen LogP contribution in [0.1, 0.15) is 10.9 Å². The van der Waals surface area contributed by atoms with E-state index in [4.69, 9.17) is 17.3 Å². The Hall–Kier alpha value is 0.180.